The van der Waals surface area contributed by atoms with Gasteiger partial charge in [0.1, 0.15) is 5.01 Å². The second kappa shape index (κ2) is 4.14. The van der Waals surface area contributed by atoms with E-state index in [1.54, 1.807) is 11.3 Å². The molecule has 0 aliphatic heterocycles. The van der Waals surface area contributed by atoms with E-state index in [0.717, 1.165) is 11.0 Å². The van der Waals surface area contributed by atoms with Gasteiger partial charge in [0, 0.05) is 29.5 Å². The predicted molar refractivity (Wildman–Crippen MR) is 69.5 cm³/mol. The van der Waals surface area contributed by atoms with Crippen LogP contribution in [0.5, 0.6) is 0 Å². The van der Waals surface area contributed by atoms with E-state index in [1.165, 1.54) is 17.7 Å². The van der Waals surface area contributed by atoms with Gasteiger partial charge in [0.05, 0.1) is 6.04 Å². The molecule has 1 aliphatic rings. The number of imidazole rings is 1. The zero-order valence-electron chi connectivity index (χ0n) is 10.1. The van der Waals surface area contributed by atoms with Crippen LogP contribution in [0.3, 0.4) is 0 Å². The number of nitrogens with one attached hydrogen (secondary N) is 1. The highest BCUT2D eigenvalue weighted by molar-refractivity contribution is 7.11. The van der Waals surface area contributed by atoms with Gasteiger partial charge in [-0.1, -0.05) is 0 Å². The normalized spacial score (nSPS) is 17.1. The Morgan fingerprint density at radius 2 is 2.29 bits per heavy atom. The highest BCUT2D eigenvalue weighted by Crippen LogP contribution is 2.28. The lowest BCUT2D eigenvalue weighted by molar-refractivity contribution is 0.638. The molecule has 4 nitrogen and oxygen atoms in total. The molecule has 90 valence electrons. The van der Waals surface area contributed by atoms with Crippen LogP contribution in [0.4, 0.5) is 5.95 Å². The first-order chi connectivity index (χ1) is 8.24. The minimum Gasteiger partial charge on any atom is -0.353 e. The minimum absolute atomic E-state index is 0.248. The zero-order valence-corrected chi connectivity index (χ0v) is 10.9. The van der Waals surface area contributed by atoms with Crippen molar-refractivity contribution in [2.24, 2.45) is 0 Å². The Kier molecular flexibility index (Phi) is 2.63. The molecule has 0 radical (unpaired) electrons. The summed E-state index contributed by atoms with van der Waals surface area (Å²) < 4.78 is 2.16. The number of aromatic nitrogens is 3. The molecule has 0 spiro atoms. The van der Waals surface area contributed by atoms with Gasteiger partial charge < -0.3 is 9.88 Å². The van der Waals surface area contributed by atoms with E-state index in [4.69, 9.17) is 0 Å². The summed E-state index contributed by atoms with van der Waals surface area (Å²) in [7, 11) is 0. The van der Waals surface area contributed by atoms with Gasteiger partial charge in [-0.2, -0.15) is 0 Å². The van der Waals surface area contributed by atoms with Crippen molar-refractivity contribution in [1.82, 2.24) is 14.5 Å². The summed E-state index contributed by atoms with van der Waals surface area (Å²) in [5.74, 6) is 0.966. The van der Waals surface area contributed by atoms with E-state index in [9.17, 15) is 0 Å². The quantitative estimate of drug-likeness (QED) is 0.904. The van der Waals surface area contributed by atoms with E-state index >= 15 is 0 Å². The lowest BCUT2D eigenvalue weighted by atomic mass is 10.3. The second-order valence-corrected chi connectivity index (χ2v) is 5.83. The Bertz CT molecular complexity index is 512. The number of thiazole rings is 1. The third kappa shape index (κ3) is 2.20. The van der Waals surface area contributed by atoms with Crippen LogP contribution in [0.1, 0.15) is 35.7 Å². The Morgan fingerprint density at radius 1 is 1.47 bits per heavy atom. The molecule has 1 atom stereocenters. The first-order valence-corrected chi connectivity index (χ1v) is 6.77. The van der Waals surface area contributed by atoms with Crippen LogP contribution in [-0.2, 0) is 0 Å². The van der Waals surface area contributed by atoms with Gasteiger partial charge in [-0.3, -0.25) is 0 Å². The highest BCUT2D eigenvalue weighted by Gasteiger charge is 2.24. The average molecular weight is 248 g/mol. The summed E-state index contributed by atoms with van der Waals surface area (Å²) in [4.78, 5) is 10.1. The zero-order chi connectivity index (χ0) is 11.8. The van der Waals surface area contributed by atoms with Gasteiger partial charge in [-0.25, -0.2) is 9.97 Å². The van der Waals surface area contributed by atoms with Crippen molar-refractivity contribution in [1.29, 1.82) is 0 Å². The van der Waals surface area contributed by atoms with E-state index < -0.39 is 0 Å². The predicted octanol–water partition coefficient (Wildman–Crippen LogP) is 2.83. The van der Waals surface area contributed by atoms with Crippen molar-refractivity contribution in [3.8, 4) is 0 Å². The number of aryl methyl sites for hydroxylation is 1. The van der Waals surface area contributed by atoms with Gasteiger partial charge in [-0.15, -0.1) is 11.3 Å². The van der Waals surface area contributed by atoms with Gasteiger partial charge in [0.25, 0.3) is 0 Å². The summed E-state index contributed by atoms with van der Waals surface area (Å²) in [5, 5.41) is 4.59. The lowest BCUT2D eigenvalue weighted by Gasteiger charge is -2.14. The third-order valence-electron chi connectivity index (χ3n) is 2.99. The fraction of sp³-hybridized carbons (Fsp3) is 0.500. The molecule has 17 heavy (non-hydrogen) atoms. The molecule has 1 fully saturated rings. The van der Waals surface area contributed by atoms with E-state index in [0.29, 0.717) is 6.04 Å². The summed E-state index contributed by atoms with van der Waals surface area (Å²) in [6.07, 6.45) is 8.32. The molecule has 5 heteroatoms. The van der Waals surface area contributed by atoms with Gasteiger partial charge >= 0.3 is 0 Å². The first-order valence-electron chi connectivity index (χ1n) is 5.96. The summed E-state index contributed by atoms with van der Waals surface area (Å²) in [6.45, 7) is 4.25. The maximum atomic E-state index is 4.45. The van der Waals surface area contributed by atoms with Gasteiger partial charge in [-0.05, 0) is 26.7 Å². The van der Waals surface area contributed by atoms with E-state index in [1.807, 2.05) is 18.6 Å². The largest absolute Gasteiger partial charge is 0.353 e. The van der Waals surface area contributed by atoms with Crippen LogP contribution >= 0.6 is 11.3 Å². The van der Waals surface area contributed by atoms with Crippen LogP contribution in [0.25, 0.3) is 0 Å². The number of rotatable bonds is 4. The fourth-order valence-electron chi connectivity index (χ4n) is 1.83. The smallest absolute Gasteiger partial charge is 0.203 e. The summed E-state index contributed by atoms with van der Waals surface area (Å²) in [5.41, 5.74) is 0. The van der Waals surface area contributed by atoms with Crippen molar-refractivity contribution in [2.45, 2.75) is 38.8 Å². The van der Waals surface area contributed by atoms with Crippen molar-refractivity contribution in [3.05, 3.63) is 28.5 Å². The first kappa shape index (κ1) is 10.8. The van der Waals surface area contributed by atoms with Crippen LogP contribution in [0.2, 0.25) is 0 Å². The van der Waals surface area contributed by atoms with E-state index in [-0.39, 0.29) is 6.04 Å². The van der Waals surface area contributed by atoms with Crippen molar-refractivity contribution in [3.63, 3.8) is 0 Å². The van der Waals surface area contributed by atoms with Crippen LogP contribution in [0, 0.1) is 6.92 Å². The molecule has 1 unspecified atom stereocenters. The Hall–Kier alpha value is -1.36. The molecule has 3 rings (SSSR count). The molecule has 0 aromatic carbocycles. The lowest BCUT2D eigenvalue weighted by Crippen LogP contribution is -2.12. The minimum atomic E-state index is 0.248. The molecule has 0 saturated heterocycles. The fourth-order valence-corrected chi connectivity index (χ4v) is 2.66. The van der Waals surface area contributed by atoms with Crippen molar-refractivity contribution in [2.75, 3.05) is 5.32 Å². The Balaban J connectivity index is 1.84. The van der Waals surface area contributed by atoms with E-state index in [2.05, 4.69) is 33.7 Å². The van der Waals surface area contributed by atoms with Crippen LogP contribution in [-0.4, -0.2) is 20.6 Å². The SMILES string of the molecule is Cc1cnc(C(C)n2ccnc2NC2CC2)s1. The molecule has 1 saturated carbocycles. The van der Waals surface area contributed by atoms with Crippen molar-refractivity contribution >= 4 is 17.3 Å². The topological polar surface area (TPSA) is 42.7 Å². The molecule has 1 N–H and O–H groups in total. The number of hydrogen-bond donors (Lipinski definition) is 1. The third-order valence-corrected chi connectivity index (χ3v) is 4.08. The molecule has 2 aromatic rings. The molecular weight excluding hydrogens is 232 g/mol. The number of hydrogen-bond acceptors (Lipinski definition) is 4. The van der Waals surface area contributed by atoms with Crippen LogP contribution in [0.15, 0.2) is 18.6 Å². The highest BCUT2D eigenvalue weighted by atomic mass is 32.1. The molecule has 1 aliphatic carbocycles. The van der Waals surface area contributed by atoms with Crippen molar-refractivity contribution < 1.29 is 0 Å². The number of nitrogens with zero attached hydrogens (tertiary/aromatic N) is 3. The summed E-state index contributed by atoms with van der Waals surface area (Å²) in [6, 6.07) is 0.874. The molecule has 2 aromatic heterocycles. The summed E-state index contributed by atoms with van der Waals surface area (Å²) >= 11 is 1.75. The maximum Gasteiger partial charge on any atom is 0.203 e. The second-order valence-electron chi connectivity index (χ2n) is 4.56. The van der Waals surface area contributed by atoms with Gasteiger partial charge in [0.15, 0.2) is 0 Å². The molecule has 0 bridgehead atoms. The monoisotopic (exact) mass is 248 g/mol. The standard InChI is InChI=1S/C12H16N4S/c1-8-7-14-11(17-8)9(2)16-6-5-13-12(16)15-10-3-4-10/h5-7,9-10H,3-4H2,1-2H3,(H,13,15). The molecule has 0 amide bonds. The Morgan fingerprint density at radius 3 is 2.94 bits per heavy atom. The van der Waals surface area contributed by atoms with Gasteiger partial charge in [0.2, 0.25) is 5.95 Å². The number of anilines is 1. The molecule has 2 heterocycles. The molecular formula is C12H16N4S. The van der Waals surface area contributed by atoms with Crippen LogP contribution < -0.4 is 5.32 Å². The maximum absolute atomic E-state index is 4.45. The Labute approximate surface area is 105 Å². The average Bonchev–Trinajstić information content (AvgIpc) is 2.83.